The highest BCUT2D eigenvalue weighted by Crippen LogP contribution is 2.46. The summed E-state index contributed by atoms with van der Waals surface area (Å²) >= 11 is 0. The Morgan fingerprint density at radius 3 is 2.52 bits per heavy atom. The fourth-order valence-corrected chi connectivity index (χ4v) is 4.46. The van der Waals surface area contributed by atoms with Crippen molar-refractivity contribution in [1.29, 1.82) is 0 Å². The number of rotatable bonds is 5. The predicted octanol–water partition coefficient (Wildman–Crippen LogP) is 4.26. The van der Waals surface area contributed by atoms with Crippen molar-refractivity contribution < 1.29 is 23.8 Å². The molecule has 0 aromatic heterocycles. The summed E-state index contributed by atoms with van der Waals surface area (Å²) in [7, 11) is 0. The molecule has 1 saturated heterocycles. The van der Waals surface area contributed by atoms with Crippen LogP contribution < -0.4 is 24.4 Å². The molecule has 0 radical (unpaired) electrons. The summed E-state index contributed by atoms with van der Waals surface area (Å²) in [5.41, 5.74) is 1.50. The summed E-state index contributed by atoms with van der Waals surface area (Å²) in [6.45, 7) is 0.637. The van der Waals surface area contributed by atoms with Gasteiger partial charge >= 0.3 is 0 Å². The van der Waals surface area contributed by atoms with Gasteiger partial charge in [-0.25, -0.2) is 0 Å². The smallest absolute Gasteiger partial charge is 0.262 e. The van der Waals surface area contributed by atoms with Crippen LogP contribution in [0.2, 0.25) is 0 Å². The quantitative estimate of drug-likeness (QED) is 0.779. The Balaban J connectivity index is 1.15. The number of ether oxygens (including phenoxy) is 3. The second-order valence-corrected chi connectivity index (χ2v) is 8.32. The normalized spacial score (nSPS) is 19.0. The maximum atomic E-state index is 12.3. The number of carbonyl (C=O) groups is 2. The molecule has 2 aromatic carbocycles. The largest absolute Gasteiger partial charge is 0.484 e. The summed E-state index contributed by atoms with van der Waals surface area (Å²) < 4.78 is 17.8. The van der Waals surface area contributed by atoms with E-state index in [2.05, 4.69) is 5.32 Å². The number of hydrogen-bond acceptors (Lipinski definition) is 5. The third-order valence-corrected chi connectivity index (χ3v) is 6.03. The van der Waals surface area contributed by atoms with Gasteiger partial charge in [-0.15, -0.1) is 0 Å². The van der Waals surface area contributed by atoms with Gasteiger partial charge in [-0.2, -0.15) is 0 Å². The van der Waals surface area contributed by atoms with Crippen molar-refractivity contribution in [1.82, 2.24) is 0 Å². The number of nitrogens with zero attached hydrogens (tertiary/aromatic N) is 1. The molecule has 1 spiro atoms. The van der Waals surface area contributed by atoms with E-state index in [1.165, 1.54) is 6.42 Å². The van der Waals surface area contributed by atoms with Crippen LogP contribution >= 0.6 is 0 Å². The van der Waals surface area contributed by atoms with Gasteiger partial charge < -0.3 is 24.4 Å². The summed E-state index contributed by atoms with van der Waals surface area (Å²) in [4.78, 5) is 25.9. The first kappa shape index (κ1) is 19.7. The van der Waals surface area contributed by atoms with Crippen molar-refractivity contribution in [3.05, 3.63) is 42.5 Å². The highest BCUT2D eigenvalue weighted by molar-refractivity contribution is 5.95. The molecule has 31 heavy (non-hydrogen) atoms. The molecule has 2 fully saturated rings. The Labute approximate surface area is 181 Å². The van der Waals surface area contributed by atoms with E-state index in [9.17, 15) is 9.59 Å². The number of nitrogens with one attached hydrogen (secondary N) is 1. The Morgan fingerprint density at radius 2 is 1.77 bits per heavy atom. The average Bonchev–Trinajstić information content (AvgIpc) is 3.35. The highest BCUT2D eigenvalue weighted by atomic mass is 16.7. The summed E-state index contributed by atoms with van der Waals surface area (Å²) in [6, 6.07) is 12.7. The van der Waals surface area contributed by atoms with E-state index >= 15 is 0 Å². The van der Waals surface area contributed by atoms with E-state index in [0.717, 1.165) is 50.1 Å². The second-order valence-electron chi connectivity index (χ2n) is 8.32. The molecule has 1 N–H and O–H groups in total. The van der Waals surface area contributed by atoms with E-state index < -0.39 is 5.79 Å². The highest BCUT2D eigenvalue weighted by Gasteiger charge is 2.42. The van der Waals surface area contributed by atoms with E-state index in [4.69, 9.17) is 14.2 Å². The minimum Gasteiger partial charge on any atom is -0.484 e. The number of amides is 2. The maximum absolute atomic E-state index is 12.3. The van der Waals surface area contributed by atoms with Crippen LogP contribution in [-0.2, 0) is 9.59 Å². The molecule has 1 aliphatic carbocycles. The predicted molar refractivity (Wildman–Crippen MR) is 116 cm³/mol. The van der Waals surface area contributed by atoms with Gasteiger partial charge in [0.25, 0.3) is 11.7 Å². The zero-order chi connectivity index (χ0) is 21.3. The van der Waals surface area contributed by atoms with Gasteiger partial charge in [0, 0.05) is 43.2 Å². The summed E-state index contributed by atoms with van der Waals surface area (Å²) in [5.74, 6) is 1.34. The Morgan fingerprint density at radius 1 is 1.00 bits per heavy atom. The van der Waals surface area contributed by atoms with Crippen LogP contribution in [0.1, 0.15) is 44.9 Å². The lowest BCUT2D eigenvalue weighted by molar-refractivity contribution is -0.118. The van der Waals surface area contributed by atoms with E-state index in [0.29, 0.717) is 23.6 Å². The fourth-order valence-electron chi connectivity index (χ4n) is 4.46. The van der Waals surface area contributed by atoms with Gasteiger partial charge in [0.05, 0.1) is 0 Å². The molecule has 0 atom stereocenters. The van der Waals surface area contributed by atoms with Crippen LogP contribution in [0, 0.1) is 0 Å². The third-order valence-electron chi connectivity index (χ3n) is 6.03. The number of anilines is 2. The molecule has 5 rings (SSSR count). The van der Waals surface area contributed by atoms with Crippen molar-refractivity contribution in [3.8, 4) is 17.2 Å². The van der Waals surface area contributed by atoms with Crippen LogP contribution in [0.3, 0.4) is 0 Å². The molecule has 7 heteroatoms. The first-order valence-electron chi connectivity index (χ1n) is 11.0. The molecule has 0 bridgehead atoms. The molecule has 2 heterocycles. The SMILES string of the molecule is O=C(COc1ccc(N2CCCC2=O)cc1)Nc1ccc2c(c1)OC1(CCCCC1)O2. The molecule has 162 valence electrons. The van der Waals surface area contributed by atoms with Crippen LogP contribution in [-0.4, -0.2) is 30.8 Å². The van der Waals surface area contributed by atoms with Gasteiger partial charge in [-0.05, 0) is 55.7 Å². The minimum absolute atomic E-state index is 0.111. The van der Waals surface area contributed by atoms with Crippen LogP contribution in [0.5, 0.6) is 17.2 Å². The molecule has 1 saturated carbocycles. The molecular formula is C24H26N2O5. The van der Waals surface area contributed by atoms with Gasteiger partial charge in [0.2, 0.25) is 5.91 Å². The van der Waals surface area contributed by atoms with Gasteiger partial charge in [0.15, 0.2) is 18.1 Å². The molecule has 0 unspecified atom stereocenters. The molecule has 2 aromatic rings. The molecule has 3 aliphatic rings. The van der Waals surface area contributed by atoms with Crippen molar-refractivity contribution in [2.75, 3.05) is 23.4 Å². The van der Waals surface area contributed by atoms with Crippen molar-refractivity contribution in [2.24, 2.45) is 0 Å². The molecule has 2 amide bonds. The van der Waals surface area contributed by atoms with Crippen molar-refractivity contribution in [3.63, 3.8) is 0 Å². The van der Waals surface area contributed by atoms with Crippen molar-refractivity contribution in [2.45, 2.75) is 50.7 Å². The standard InChI is InChI=1S/C24H26N2O5/c27-22(16-29-19-9-7-18(8-10-19)26-14-4-5-23(26)28)25-17-6-11-20-21(15-17)31-24(30-20)12-2-1-3-13-24/h6-11,15H,1-5,12-14,16H2,(H,25,27). The minimum atomic E-state index is -0.530. The Hall–Kier alpha value is -3.22. The Kier molecular flexibility index (Phi) is 5.18. The van der Waals surface area contributed by atoms with E-state index in [1.54, 1.807) is 23.1 Å². The van der Waals surface area contributed by atoms with Gasteiger partial charge in [-0.3, -0.25) is 9.59 Å². The topological polar surface area (TPSA) is 77.1 Å². The number of benzene rings is 2. The molecule has 2 aliphatic heterocycles. The number of carbonyl (C=O) groups excluding carboxylic acids is 2. The number of fused-ring (bicyclic) bond motifs is 1. The fraction of sp³-hybridized carbons (Fsp3) is 0.417. The lowest BCUT2D eigenvalue weighted by Crippen LogP contribution is -2.40. The lowest BCUT2D eigenvalue weighted by Gasteiger charge is -2.31. The van der Waals surface area contributed by atoms with Crippen LogP contribution in [0.25, 0.3) is 0 Å². The van der Waals surface area contributed by atoms with Gasteiger partial charge in [-0.1, -0.05) is 6.42 Å². The maximum Gasteiger partial charge on any atom is 0.262 e. The van der Waals surface area contributed by atoms with E-state index in [1.807, 2.05) is 24.3 Å². The monoisotopic (exact) mass is 422 g/mol. The molecule has 7 nitrogen and oxygen atoms in total. The first-order chi connectivity index (χ1) is 15.1. The van der Waals surface area contributed by atoms with Crippen LogP contribution in [0.15, 0.2) is 42.5 Å². The van der Waals surface area contributed by atoms with Crippen LogP contribution in [0.4, 0.5) is 11.4 Å². The first-order valence-corrected chi connectivity index (χ1v) is 11.0. The average molecular weight is 422 g/mol. The summed E-state index contributed by atoms with van der Waals surface area (Å²) in [6.07, 6.45) is 6.68. The third kappa shape index (κ3) is 4.17. The van der Waals surface area contributed by atoms with Gasteiger partial charge in [0.1, 0.15) is 5.75 Å². The second kappa shape index (κ2) is 8.13. The van der Waals surface area contributed by atoms with E-state index in [-0.39, 0.29) is 18.4 Å². The zero-order valence-electron chi connectivity index (χ0n) is 17.4. The zero-order valence-corrected chi connectivity index (χ0v) is 17.4. The summed E-state index contributed by atoms with van der Waals surface area (Å²) in [5, 5.41) is 2.84. The van der Waals surface area contributed by atoms with Crippen molar-refractivity contribution >= 4 is 23.2 Å². The number of hydrogen-bond donors (Lipinski definition) is 1. The Bertz CT molecular complexity index is 982. The lowest BCUT2D eigenvalue weighted by atomic mass is 9.94. The molecular weight excluding hydrogens is 396 g/mol.